The highest BCUT2D eigenvalue weighted by atomic mass is 35.5. The Bertz CT molecular complexity index is 315. The van der Waals surface area contributed by atoms with E-state index in [1.165, 1.54) is 0 Å². The second-order valence-corrected chi connectivity index (χ2v) is 5.77. The van der Waals surface area contributed by atoms with Crippen LogP contribution in [0.5, 0.6) is 5.75 Å². The van der Waals surface area contributed by atoms with E-state index in [1.54, 1.807) is 11.8 Å². The van der Waals surface area contributed by atoms with Crippen LogP contribution in [0.25, 0.3) is 0 Å². The summed E-state index contributed by atoms with van der Waals surface area (Å²) >= 11 is 11.9. The van der Waals surface area contributed by atoms with Gasteiger partial charge < -0.3 is 4.74 Å². The van der Waals surface area contributed by atoms with Crippen molar-refractivity contribution in [1.82, 2.24) is 0 Å². The van der Waals surface area contributed by atoms with Crippen LogP contribution in [0, 0.1) is 5.92 Å². The van der Waals surface area contributed by atoms with Crippen LogP contribution in [0.1, 0.15) is 13.8 Å². The van der Waals surface area contributed by atoms with E-state index < -0.39 is 0 Å². The lowest BCUT2D eigenvalue weighted by molar-refractivity contribution is 0.270. The topological polar surface area (TPSA) is 9.23 Å². The van der Waals surface area contributed by atoms with E-state index in [1.807, 2.05) is 18.2 Å². The summed E-state index contributed by atoms with van der Waals surface area (Å²) in [5.74, 6) is 1.26. The van der Waals surface area contributed by atoms with E-state index in [9.17, 15) is 0 Å². The highest BCUT2D eigenvalue weighted by Gasteiger charge is 2.04. The molecule has 1 aromatic carbocycles. The van der Waals surface area contributed by atoms with Crippen LogP contribution in [0.15, 0.2) is 23.1 Å². The Morgan fingerprint density at radius 1 is 1.47 bits per heavy atom. The van der Waals surface area contributed by atoms with E-state index in [4.69, 9.17) is 16.3 Å². The smallest absolute Gasteiger partial charge is 0.139 e. The average Bonchev–Trinajstić information content (AvgIpc) is 2.19. The number of ether oxygens (including phenoxy) is 1. The Labute approximate surface area is 106 Å². The van der Waals surface area contributed by atoms with Gasteiger partial charge in [0, 0.05) is 9.98 Å². The molecule has 84 valence electrons. The minimum atomic E-state index is 0.502. The van der Waals surface area contributed by atoms with Crippen molar-refractivity contribution < 1.29 is 4.74 Å². The van der Waals surface area contributed by atoms with E-state index in [0.29, 0.717) is 17.5 Å². The fraction of sp³-hybridized carbons (Fsp3) is 0.455. The first-order chi connectivity index (χ1) is 7.13. The predicted octanol–water partition coefficient (Wildman–Crippen LogP) is 4.35. The average molecular weight is 263 g/mol. The third kappa shape index (κ3) is 4.58. The quantitative estimate of drug-likeness (QED) is 0.480. The third-order valence-electron chi connectivity index (χ3n) is 1.71. The first kappa shape index (κ1) is 13.1. The van der Waals surface area contributed by atoms with Crippen LogP contribution >= 0.6 is 36.0 Å². The van der Waals surface area contributed by atoms with Crippen LogP contribution in [0.2, 0.25) is 5.02 Å². The first-order valence-corrected chi connectivity index (χ1v) is 6.79. The maximum Gasteiger partial charge on any atom is 0.139 e. The molecule has 1 nitrogen and oxygen atoms in total. The standard InChI is InChI=1S/C11H15ClOS2/c1-8(2)6-13-11-5-9(15-7-14)3-4-10(11)12/h3-5,8,14H,6-7H2,1-2H3. The Hall–Kier alpha value is 0.01000. The highest BCUT2D eigenvalue weighted by Crippen LogP contribution is 2.30. The summed E-state index contributed by atoms with van der Waals surface area (Å²) in [6, 6.07) is 5.81. The van der Waals surface area contributed by atoms with Gasteiger partial charge >= 0.3 is 0 Å². The SMILES string of the molecule is CC(C)COc1cc(SCS)ccc1Cl. The summed E-state index contributed by atoms with van der Waals surface area (Å²) in [6.07, 6.45) is 0. The summed E-state index contributed by atoms with van der Waals surface area (Å²) in [5.41, 5.74) is 0. The zero-order valence-electron chi connectivity index (χ0n) is 8.87. The van der Waals surface area contributed by atoms with Gasteiger partial charge in [-0.05, 0) is 24.1 Å². The van der Waals surface area contributed by atoms with Crippen molar-refractivity contribution in [3.8, 4) is 5.75 Å². The van der Waals surface area contributed by atoms with Gasteiger partial charge in [-0.15, -0.1) is 11.8 Å². The van der Waals surface area contributed by atoms with Gasteiger partial charge in [-0.25, -0.2) is 0 Å². The number of hydrogen-bond donors (Lipinski definition) is 1. The summed E-state index contributed by atoms with van der Waals surface area (Å²) in [7, 11) is 0. The molecular formula is C11H15ClOS2. The van der Waals surface area contributed by atoms with Gasteiger partial charge in [0.25, 0.3) is 0 Å². The minimum Gasteiger partial charge on any atom is -0.492 e. The Morgan fingerprint density at radius 3 is 2.80 bits per heavy atom. The lowest BCUT2D eigenvalue weighted by Crippen LogP contribution is -2.04. The summed E-state index contributed by atoms with van der Waals surface area (Å²) in [6.45, 7) is 4.91. The molecule has 0 saturated carbocycles. The number of thiol groups is 1. The molecule has 0 amide bonds. The number of halogens is 1. The summed E-state index contributed by atoms with van der Waals surface area (Å²) in [4.78, 5) is 1.13. The number of rotatable bonds is 5. The molecule has 0 saturated heterocycles. The molecule has 0 aliphatic carbocycles. The van der Waals surface area contributed by atoms with Crippen LogP contribution in [-0.4, -0.2) is 11.7 Å². The Balaban J connectivity index is 2.71. The number of hydrogen-bond acceptors (Lipinski definition) is 3. The van der Waals surface area contributed by atoms with Crippen molar-refractivity contribution in [1.29, 1.82) is 0 Å². The van der Waals surface area contributed by atoms with E-state index >= 15 is 0 Å². The Morgan fingerprint density at radius 2 is 2.20 bits per heavy atom. The van der Waals surface area contributed by atoms with Crippen molar-refractivity contribution in [3.05, 3.63) is 23.2 Å². The maximum atomic E-state index is 6.03. The molecule has 4 heteroatoms. The Kier molecular flexibility index (Phi) is 5.72. The molecule has 0 fully saturated rings. The highest BCUT2D eigenvalue weighted by molar-refractivity contribution is 8.09. The second kappa shape index (κ2) is 6.56. The molecule has 0 aliphatic rings. The van der Waals surface area contributed by atoms with E-state index in [0.717, 1.165) is 15.7 Å². The molecule has 0 atom stereocenters. The predicted molar refractivity (Wildman–Crippen MR) is 71.5 cm³/mol. The zero-order chi connectivity index (χ0) is 11.3. The molecular weight excluding hydrogens is 248 g/mol. The van der Waals surface area contributed by atoms with Crippen molar-refractivity contribution in [2.45, 2.75) is 18.7 Å². The molecule has 0 aromatic heterocycles. The molecule has 15 heavy (non-hydrogen) atoms. The molecule has 0 aliphatic heterocycles. The number of benzene rings is 1. The monoisotopic (exact) mass is 262 g/mol. The molecule has 0 unspecified atom stereocenters. The van der Waals surface area contributed by atoms with Gasteiger partial charge in [0.15, 0.2) is 0 Å². The lowest BCUT2D eigenvalue weighted by atomic mass is 10.2. The molecule has 0 N–H and O–H groups in total. The second-order valence-electron chi connectivity index (χ2n) is 3.57. The third-order valence-corrected chi connectivity index (χ3v) is 3.12. The summed E-state index contributed by atoms with van der Waals surface area (Å²) in [5, 5.41) is 1.42. The van der Waals surface area contributed by atoms with Crippen molar-refractivity contribution in [2.24, 2.45) is 5.92 Å². The van der Waals surface area contributed by atoms with Crippen LogP contribution in [0.3, 0.4) is 0 Å². The van der Waals surface area contributed by atoms with Gasteiger partial charge in [0.1, 0.15) is 5.75 Å². The van der Waals surface area contributed by atoms with Crippen molar-refractivity contribution in [3.63, 3.8) is 0 Å². The van der Waals surface area contributed by atoms with Crippen LogP contribution in [-0.2, 0) is 0 Å². The van der Waals surface area contributed by atoms with Gasteiger partial charge in [-0.2, -0.15) is 12.6 Å². The van der Waals surface area contributed by atoms with Gasteiger partial charge in [-0.3, -0.25) is 0 Å². The number of thioether (sulfide) groups is 1. The van der Waals surface area contributed by atoms with Gasteiger partial charge in [0.2, 0.25) is 0 Å². The molecule has 0 radical (unpaired) electrons. The molecule has 1 aromatic rings. The fourth-order valence-corrected chi connectivity index (χ4v) is 2.14. The van der Waals surface area contributed by atoms with Gasteiger partial charge in [0.05, 0.1) is 11.6 Å². The molecule has 0 spiro atoms. The zero-order valence-corrected chi connectivity index (χ0v) is 11.3. The lowest BCUT2D eigenvalue weighted by Gasteiger charge is -2.11. The minimum absolute atomic E-state index is 0.502. The van der Waals surface area contributed by atoms with E-state index in [2.05, 4.69) is 26.5 Å². The molecule has 0 bridgehead atoms. The molecule has 0 heterocycles. The summed E-state index contributed by atoms with van der Waals surface area (Å²) < 4.78 is 5.61. The largest absolute Gasteiger partial charge is 0.492 e. The van der Waals surface area contributed by atoms with E-state index in [-0.39, 0.29) is 0 Å². The van der Waals surface area contributed by atoms with Crippen molar-refractivity contribution in [2.75, 3.05) is 11.7 Å². The first-order valence-electron chi connectivity index (χ1n) is 4.79. The fourth-order valence-electron chi connectivity index (χ4n) is 1.02. The normalized spacial score (nSPS) is 10.7. The molecule has 1 rings (SSSR count). The van der Waals surface area contributed by atoms with Crippen molar-refractivity contribution >= 4 is 36.0 Å². The van der Waals surface area contributed by atoms with Crippen LogP contribution < -0.4 is 4.74 Å². The van der Waals surface area contributed by atoms with Gasteiger partial charge in [-0.1, -0.05) is 25.4 Å². The maximum absolute atomic E-state index is 6.03. The van der Waals surface area contributed by atoms with Crippen LogP contribution in [0.4, 0.5) is 0 Å².